The van der Waals surface area contributed by atoms with Crippen molar-refractivity contribution in [2.24, 2.45) is 0 Å². The van der Waals surface area contributed by atoms with Crippen molar-refractivity contribution in [1.82, 2.24) is 10.3 Å². The second kappa shape index (κ2) is 5.75. The minimum Gasteiger partial charge on any atom is -0.444 e. The predicted octanol–water partition coefficient (Wildman–Crippen LogP) is 3.17. The molecule has 1 aromatic heterocycles. The molecule has 1 heterocycles. The van der Waals surface area contributed by atoms with Crippen LogP contribution in [-0.2, 0) is 15.1 Å². The number of nitrogens with zero attached hydrogens (tertiary/aromatic N) is 1. The molecule has 0 radical (unpaired) electrons. The van der Waals surface area contributed by atoms with Crippen LogP contribution in [0.15, 0.2) is 36.4 Å². The van der Waals surface area contributed by atoms with Gasteiger partial charge in [-0.2, -0.15) is 0 Å². The molecule has 0 fully saturated rings. The Morgan fingerprint density at radius 1 is 1.14 bits per heavy atom. The molecule has 1 aromatic carbocycles. The van der Waals surface area contributed by atoms with Gasteiger partial charge in [0.2, 0.25) is 0 Å². The molecule has 5 nitrogen and oxygen atoms in total. The van der Waals surface area contributed by atoms with Crippen molar-refractivity contribution in [2.45, 2.75) is 38.8 Å². The van der Waals surface area contributed by atoms with Gasteiger partial charge in [0.15, 0.2) is 6.29 Å². The fourth-order valence-corrected chi connectivity index (χ4v) is 2.02. The second-order valence-corrected chi connectivity index (χ2v) is 6.34. The molecule has 0 spiro atoms. The van der Waals surface area contributed by atoms with Crippen molar-refractivity contribution in [2.75, 3.05) is 0 Å². The van der Waals surface area contributed by atoms with E-state index in [0.29, 0.717) is 12.0 Å². The van der Waals surface area contributed by atoms with Gasteiger partial charge in [-0.25, -0.2) is 9.78 Å². The highest BCUT2D eigenvalue weighted by Gasteiger charge is 2.32. The Morgan fingerprint density at radius 2 is 1.82 bits per heavy atom. The van der Waals surface area contributed by atoms with E-state index in [2.05, 4.69) is 10.3 Å². The number of hydrogen-bond acceptors (Lipinski definition) is 4. The first-order valence-electron chi connectivity index (χ1n) is 7.07. The average Bonchev–Trinajstić information content (AvgIpc) is 2.44. The molecule has 5 heteroatoms. The molecule has 22 heavy (non-hydrogen) atoms. The quantitative estimate of drug-likeness (QED) is 0.884. The maximum absolute atomic E-state index is 12.0. The lowest BCUT2D eigenvalue weighted by molar-refractivity contribution is -0.113. The van der Waals surface area contributed by atoms with E-state index in [9.17, 15) is 9.59 Å². The van der Waals surface area contributed by atoms with E-state index in [4.69, 9.17) is 4.74 Å². The summed E-state index contributed by atoms with van der Waals surface area (Å²) in [6, 6.07) is 11.2. The fourth-order valence-electron chi connectivity index (χ4n) is 2.02. The van der Waals surface area contributed by atoms with Gasteiger partial charge in [0.1, 0.15) is 11.1 Å². The maximum atomic E-state index is 12.0. The maximum Gasteiger partial charge on any atom is 0.408 e. The molecule has 2 rings (SSSR count). The van der Waals surface area contributed by atoms with Gasteiger partial charge < -0.3 is 14.8 Å². The number of carbonyl (C=O) groups is 2. The molecule has 0 aliphatic rings. The molecule has 0 saturated heterocycles. The van der Waals surface area contributed by atoms with E-state index in [1.165, 1.54) is 0 Å². The van der Waals surface area contributed by atoms with E-state index < -0.39 is 17.2 Å². The van der Waals surface area contributed by atoms with Crippen molar-refractivity contribution in [1.29, 1.82) is 0 Å². The minimum atomic E-state index is -1.24. The van der Waals surface area contributed by atoms with Crippen molar-refractivity contribution >= 4 is 23.3 Å². The lowest BCUT2D eigenvalue weighted by Gasteiger charge is -2.27. The SMILES string of the molecule is CC(C)(C)OC(=O)NC(C)(C=O)c1ccc2ccccc2n1. The van der Waals surface area contributed by atoms with Crippen LogP contribution in [0.2, 0.25) is 0 Å². The van der Waals surface area contributed by atoms with Crippen LogP contribution in [0.1, 0.15) is 33.4 Å². The number of aromatic nitrogens is 1. The lowest BCUT2D eigenvalue weighted by Crippen LogP contribution is -2.47. The zero-order valence-corrected chi connectivity index (χ0v) is 13.2. The third kappa shape index (κ3) is 3.61. The summed E-state index contributed by atoms with van der Waals surface area (Å²) in [4.78, 5) is 28.0. The van der Waals surface area contributed by atoms with Crippen molar-refractivity contribution < 1.29 is 14.3 Å². The Balaban J connectivity index is 2.31. The monoisotopic (exact) mass is 300 g/mol. The number of carbonyl (C=O) groups excluding carboxylic acids is 2. The van der Waals surface area contributed by atoms with Crippen LogP contribution in [0, 0.1) is 0 Å². The molecule has 0 saturated carbocycles. The normalized spacial score (nSPS) is 14.2. The first kappa shape index (κ1) is 15.9. The summed E-state index contributed by atoms with van der Waals surface area (Å²) in [6.45, 7) is 6.89. The van der Waals surface area contributed by atoms with Crippen LogP contribution < -0.4 is 5.32 Å². The van der Waals surface area contributed by atoms with Crippen molar-refractivity contribution in [3.8, 4) is 0 Å². The van der Waals surface area contributed by atoms with Crippen molar-refractivity contribution in [3.63, 3.8) is 0 Å². The number of aldehydes is 1. The molecular weight excluding hydrogens is 280 g/mol. The van der Waals surface area contributed by atoms with E-state index in [-0.39, 0.29) is 0 Å². The molecule has 1 N–H and O–H groups in total. The lowest BCUT2D eigenvalue weighted by atomic mass is 9.98. The molecular formula is C17H20N2O3. The number of nitrogens with one attached hydrogen (secondary N) is 1. The number of fused-ring (bicyclic) bond motifs is 1. The first-order chi connectivity index (χ1) is 10.2. The number of benzene rings is 1. The number of pyridine rings is 1. The molecule has 2 aromatic rings. The predicted molar refractivity (Wildman–Crippen MR) is 84.5 cm³/mol. The first-order valence-corrected chi connectivity index (χ1v) is 7.07. The molecule has 0 aliphatic carbocycles. The van der Waals surface area contributed by atoms with Gasteiger partial charge in [-0.3, -0.25) is 0 Å². The fraction of sp³-hybridized carbons (Fsp3) is 0.353. The van der Waals surface area contributed by atoms with Gasteiger partial charge in [-0.05, 0) is 39.8 Å². The Bertz CT molecular complexity index is 706. The molecule has 1 atom stereocenters. The van der Waals surface area contributed by atoms with Crippen molar-refractivity contribution in [3.05, 3.63) is 42.1 Å². The third-order valence-electron chi connectivity index (χ3n) is 3.13. The number of hydrogen-bond donors (Lipinski definition) is 1. The van der Waals surface area contributed by atoms with Gasteiger partial charge in [-0.1, -0.05) is 24.3 Å². The van der Waals surface area contributed by atoms with E-state index in [0.717, 1.165) is 10.9 Å². The summed E-state index contributed by atoms with van der Waals surface area (Å²) in [6.07, 6.45) is 0.00524. The third-order valence-corrected chi connectivity index (χ3v) is 3.13. The molecule has 1 unspecified atom stereocenters. The van der Waals surface area contributed by atoms with Gasteiger partial charge in [0.05, 0.1) is 11.2 Å². The van der Waals surface area contributed by atoms with Crippen LogP contribution in [0.5, 0.6) is 0 Å². The smallest absolute Gasteiger partial charge is 0.408 e. The Morgan fingerprint density at radius 3 is 2.45 bits per heavy atom. The van der Waals surface area contributed by atoms with E-state index in [1.54, 1.807) is 33.8 Å². The minimum absolute atomic E-state index is 0.465. The number of amides is 1. The summed E-state index contributed by atoms with van der Waals surface area (Å²) in [5.74, 6) is 0. The zero-order chi connectivity index (χ0) is 16.4. The molecule has 1 amide bonds. The zero-order valence-electron chi connectivity index (χ0n) is 13.2. The summed E-state index contributed by atoms with van der Waals surface area (Å²) in [5.41, 5.74) is -0.650. The van der Waals surface area contributed by atoms with Crippen LogP contribution in [0.3, 0.4) is 0 Å². The van der Waals surface area contributed by atoms with Gasteiger partial charge >= 0.3 is 6.09 Å². The summed E-state index contributed by atoms with van der Waals surface area (Å²) < 4.78 is 5.21. The van der Waals surface area contributed by atoms with Gasteiger partial charge in [0, 0.05) is 5.39 Å². The van der Waals surface area contributed by atoms with Gasteiger partial charge in [0.25, 0.3) is 0 Å². The number of para-hydroxylation sites is 1. The largest absolute Gasteiger partial charge is 0.444 e. The molecule has 0 aliphatic heterocycles. The summed E-state index contributed by atoms with van der Waals surface area (Å²) >= 11 is 0. The standard InChI is InChI=1S/C17H20N2O3/c1-16(2,3)22-15(21)19-17(4,11-20)14-10-9-12-7-5-6-8-13(12)18-14/h5-11H,1-4H3,(H,19,21). The molecule has 116 valence electrons. The topological polar surface area (TPSA) is 68.3 Å². The van der Waals surface area contributed by atoms with Crippen LogP contribution in [0.4, 0.5) is 4.79 Å². The van der Waals surface area contributed by atoms with Gasteiger partial charge in [-0.15, -0.1) is 0 Å². The summed E-state index contributed by atoms with van der Waals surface area (Å²) in [7, 11) is 0. The average molecular weight is 300 g/mol. The van der Waals surface area contributed by atoms with E-state index >= 15 is 0 Å². The highest BCUT2D eigenvalue weighted by molar-refractivity contribution is 5.81. The second-order valence-electron chi connectivity index (χ2n) is 6.34. The van der Waals surface area contributed by atoms with Crippen LogP contribution in [0.25, 0.3) is 10.9 Å². The Hall–Kier alpha value is -2.43. The highest BCUT2D eigenvalue weighted by atomic mass is 16.6. The van der Waals surface area contributed by atoms with Crippen LogP contribution >= 0.6 is 0 Å². The molecule has 0 bridgehead atoms. The Kier molecular flexibility index (Phi) is 4.17. The number of rotatable bonds is 3. The van der Waals surface area contributed by atoms with Crippen LogP contribution in [-0.4, -0.2) is 23.0 Å². The number of ether oxygens (including phenoxy) is 1. The summed E-state index contributed by atoms with van der Waals surface area (Å²) in [5, 5.41) is 3.56. The number of alkyl carbamates (subject to hydrolysis) is 1. The highest BCUT2D eigenvalue weighted by Crippen LogP contribution is 2.21. The van der Waals surface area contributed by atoms with E-state index in [1.807, 2.05) is 30.3 Å². The Labute approximate surface area is 129 Å².